The van der Waals surface area contributed by atoms with E-state index >= 15 is 0 Å². The zero-order chi connectivity index (χ0) is 14.8. The number of carbonyl (C=O) groups is 1. The second-order valence-electron chi connectivity index (χ2n) is 5.59. The summed E-state index contributed by atoms with van der Waals surface area (Å²) in [7, 11) is 0. The van der Waals surface area contributed by atoms with Gasteiger partial charge in [-0.05, 0) is 42.5 Å². The number of thiophene rings is 1. The first-order valence-electron chi connectivity index (χ1n) is 7.40. The minimum absolute atomic E-state index is 0.126. The summed E-state index contributed by atoms with van der Waals surface area (Å²) in [6.45, 7) is 4.42. The molecule has 0 unspecified atom stereocenters. The van der Waals surface area contributed by atoms with Gasteiger partial charge in [-0.1, -0.05) is 18.9 Å². The van der Waals surface area contributed by atoms with Crippen molar-refractivity contribution in [3.8, 4) is 0 Å². The van der Waals surface area contributed by atoms with Gasteiger partial charge >= 0.3 is 0 Å². The van der Waals surface area contributed by atoms with Crippen LogP contribution in [0.25, 0.3) is 10.1 Å². The number of benzene rings is 1. The Morgan fingerprint density at radius 1 is 1.38 bits per heavy atom. The highest BCUT2D eigenvalue weighted by atomic mass is 32.1. The fraction of sp³-hybridized carbons (Fsp3) is 0.353. The Hall–Kier alpha value is -1.81. The molecule has 1 aliphatic carbocycles. The van der Waals surface area contributed by atoms with Crippen molar-refractivity contribution in [2.45, 2.75) is 31.7 Å². The molecule has 0 radical (unpaired) electrons. The lowest BCUT2D eigenvalue weighted by Gasteiger charge is -2.27. The molecule has 21 heavy (non-hydrogen) atoms. The summed E-state index contributed by atoms with van der Waals surface area (Å²) < 4.78 is 1.11. The molecule has 2 N–H and O–H groups in total. The van der Waals surface area contributed by atoms with Crippen LogP contribution in [-0.4, -0.2) is 23.4 Å². The molecule has 1 fully saturated rings. The van der Waals surface area contributed by atoms with Crippen LogP contribution in [0, 0.1) is 0 Å². The molecular formula is C17H20N2OS. The van der Waals surface area contributed by atoms with Crippen LogP contribution in [0.5, 0.6) is 0 Å². The minimum Gasteiger partial charge on any atom is -0.399 e. The second-order valence-corrected chi connectivity index (χ2v) is 6.68. The summed E-state index contributed by atoms with van der Waals surface area (Å²) in [5.41, 5.74) is 6.55. The van der Waals surface area contributed by atoms with Gasteiger partial charge in [0.1, 0.15) is 0 Å². The minimum atomic E-state index is 0.126. The fourth-order valence-electron chi connectivity index (χ4n) is 3.06. The lowest BCUT2D eigenvalue weighted by atomic mass is 10.2. The highest BCUT2D eigenvalue weighted by Gasteiger charge is 2.27. The van der Waals surface area contributed by atoms with E-state index in [4.69, 9.17) is 5.73 Å². The van der Waals surface area contributed by atoms with Gasteiger partial charge < -0.3 is 10.6 Å². The van der Waals surface area contributed by atoms with Crippen molar-refractivity contribution in [3.63, 3.8) is 0 Å². The monoisotopic (exact) mass is 300 g/mol. The van der Waals surface area contributed by atoms with Gasteiger partial charge in [0.25, 0.3) is 5.91 Å². The smallest absolute Gasteiger partial charge is 0.264 e. The Bertz CT molecular complexity index is 670. The van der Waals surface area contributed by atoms with Crippen molar-refractivity contribution in [2.24, 2.45) is 0 Å². The number of rotatable bonds is 4. The van der Waals surface area contributed by atoms with Gasteiger partial charge in [0.15, 0.2) is 0 Å². The highest BCUT2D eigenvalue weighted by Crippen LogP contribution is 2.30. The molecule has 4 heteroatoms. The zero-order valence-electron chi connectivity index (χ0n) is 12.0. The molecule has 0 atom stereocenters. The van der Waals surface area contributed by atoms with Crippen LogP contribution in [0.2, 0.25) is 0 Å². The van der Waals surface area contributed by atoms with Gasteiger partial charge in [-0.2, -0.15) is 0 Å². The number of hydrogen-bond acceptors (Lipinski definition) is 3. The van der Waals surface area contributed by atoms with Gasteiger partial charge in [0, 0.05) is 23.0 Å². The molecule has 1 heterocycles. The van der Waals surface area contributed by atoms with Crippen LogP contribution < -0.4 is 5.73 Å². The fourth-order valence-corrected chi connectivity index (χ4v) is 4.06. The van der Waals surface area contributed by atoms with Gasteiger partial charge in [-0.25, -0.2) is 0 Å². The molecule has 3 nitrogen and oxygen atoms in total. The van der Waals surface area contributed by atoms with Crippen LogP contribution in [0.4, 0.5) is 5.69 Å². The molecule has 0 bridgehead atoms. The van der Waals surface area contributed by atoms with Crippen LogP contribution in [-0.2, 0) is 0 Å². The average molecular weight is 300 g/mol. The van der Waals surface area contributed by atoms with E-state index in [2.05, 4.69) is 6.58 Å². The topological polar surface area (TPSA) is 46.3 Å². The summed E-state index contributed by atoms with van der Waals surface area (Å²) >= 11 is 1.55. The maximum Gasteiger partial charge on any atom is 0.264 e. The molecule has 1 saturated carbocycles. The average Bonchev–Trinajstić information content (AvgIpc) is 3.12. The van der Waals surface area contributed by atoms with Gasteiger partial charge in [0.2, 0.25) is 0 Å². The molecule has 110 valence electrons. The number of fused-ring (bicyclic) bond motifs is 1. The Balaban J connectivity index is 1.91. The molecule has 1 aromatic heterocycles. The van der Waals surface area contributed by atoms with E-state index in [0.29, 0.717) is 12.6 Å². The number of anilines is 1. The van der Waals surface area contributed by atoms with E-state index in [1.165, 1.54) is 12.8 Å². The Morgan fingerprint density at radius 3 is 2.86 bits per heavy atom. The van der Waals surface area contributed by atoms with E-state index in [9.17, 15) is 4.79 Å². The summed E-state index contributed by atoms with van der Waals surface area (Å²) in [5, 5.41) is 1.05. The second kappa shape index (κ2) is 5.90. The Morgan fingerprint density at radius 2 is 2.14 bits per heavy atom. The van der Waals surface area contributed by atoms with Crippen LogP contribution >= 0.6 is 11.3 Å². The van der Waals surface area contributed by atoms with Gasteiger partial charge in [-0.15, -0.1) is 17.9 Å². The third-order valence-electron chi connectivity index (χ3n) is 4.10. The van der Waals surface area contributed by atoms with Crippen molar-refractivity contribution in [1.82, 2.24) is 4.90 Å². The first kappa shape index (κ1) is 14.1. The molecule has 1 aromatic carbocycles. The Kier molecular flexibility index (Phi) is 3.97. The normalized spacial score (nSPS) is 15.4. The summed E-state index contributed by atoms with van der Waals surface area (Å²) in [4.78, 5) is 15.6. The van der Waals surface area contributed by atoms with E-state index in [1.807, 2.05) is 35.2 Å². The van der Waals surface area contributed by atoms with E-state index in [0.717, 1.165) is 33.5 Å². The summed E-state index contributed by atoms with van der Waals surface area (Å²) in [6, 6.07) is 8.12. The third-order valence-corrected chi connectivity index (χ3v) is 5.21. The SMILES string of the molecule is C=CCN(C(=O)c1cc2cc(N)ccc2s1)C1CCCC1. The van der Waals surface area contributed by atoms with Crippen molar-refractivity contribution in [3.05, 3.63) is 41.8 Å². The van der Waals surface area contributed by atoms with E-state index < -0.39 is 0 Å². The quantitative estimate of drug-likeness (QED) is 0.684. The van der Waals surface area contributed by atoms with Crippen LogP contribution in [0.1, 0.15) is 35.4 Å². The number of amides is 1. The van der Waals surface area contributed by atoms with Crippen molar-refractivity contribution in [1.29, 1.82) is 0 Å². The van der Waals surface area contributed by atoms with Crippen molar-refractivity contribution >= 4 is 33.0 Å². The molecule has 1 amide bonds. The molecule has 0 aliphatic heterocycles. The highest BCUT2D eigenvalue weighted by molar-refractivity contribution is 7.20. The van der Waals surface area contributed by atoms with E-state index in [-0.39, 0.29) is 5.91 Å². The predicted molar refractivity (Wildman–Crippen MR) is 89.7 cm³/mol. The number of hydrogen-bond donors (Lipinski definition) is 1. The maximum absolute atomic E-state index is 12.8. The van der Waals surface area contributed by atoms with Gasteiger partial charge in [0.05, 0.1) is 4.88 Å². The van der Waals surface area contributed by atoms with Crippen LogP contribution in [0.15, 0.2) is 36.9 Å². The number of nitrogens with two attached hydrogens (primary N) is 1. The largest absolute Gasteiger partial charge is 0.399 e. The molecular weight excluding hydrogens is 280 g/mol. The lowest BCUT2D eigenvalue weighted by molar-refractivity contribution is 0.0711. The standard InChI is InChI=1S/C17H20N2OS/c1-2-9-19(14-5-3-4-6-14)17(20)16-11-12-10-13(18)7-8-15(12)21-16/h2,7-8,10-11,14H,1,3-6,9,18H2. The molecule has 0 spiro atoms. The van der Waals surface area contributed by atoms with E-state index in [1.54, 1.807) is 11.3 Å². The molecule has 0 saturated heterocycles. The number of nitrogens with zero attached hydrogens (tertiary/aromatic N) is 1. The van der Waals surface area contributed by atoms with Crippen LogP contribution in [0.3, 0.4) is 0 Å². The molecule has 3 rings (SSSR count). The summed E-state index contributed by atoms with van der Waals surface area (Å²) in [6.07, 6.45) is 6.47. The first-order valence-corrected chi connectivity index (χ1v) is 8.21. The molecule has 2 aromatic rings. The summed E-state index contributed by atoms with van der Waals surface area (Å²) in [5.74, 6) is 0.126. The predicted octanol–water partition coefficient (Wildman–Crippen LogP) is 4.05. The lowest BCUT2D eigenvalue weighted by Crippen LogP contribution is -2.38. The maximum atomic E-state index is 12.8. The number of carbonyl (C=O) groups excluding carboxylic acids is 1. The number of nitrogen functional groups attached to an aromatic ring is 1. The zero-order valence-corrected chi connectivity index (χ0v) is 12.9. The molecule has 1 aliphatic rings. The first-order chi connectivity index (χ1) is 10.2. The van der Waals surface area contributed by atoms with Crippen molar-refractivity contribution in [2.75, 3.05) is 12.3 Å². The Labute approximate surface area is 129 Å². The van der Waals surface area contributed by atoms with Crippen molar-refractivity contribution < 1.29 is 4.79 Å². The third kappa shape index (κ3) is 2.81. The van der Waals surface area contributed by atoms with Gasteiger partial charge in [-0.3, -0.25) is 4.79 Å².